The van der Waals surface area contributed by atoms with Crippen LogP contribution in [0.3, 0.4) is 0 Å². The van der Waals surface area contributed by atoms with E-state index in [4.69, 9.17) is 21.1 Å². The van der Waals surface area contributed by atoms with Gasteiger partial charge in [0.1, 0.15) is 5.38 Å². The largest absolute Gasteiger partial charge is 0.350 e. The summed E-state index contributed by atoms with van der Waals surface area (Å²) in [6, 6.07) is 0. The molecule has 1 amide bonds. The highest BCUT2D eigenvalue weighted by molar-refractivity contribution is 6.30. The fourth-order valence-electron chi connectivity index (χ4n) is 1.22. The van der Waals surface area contributed by atoms with E-state index < -0.39 is 5.38 Å². The van der Waals surface area contributed by atoms with Crippen LogP contribution in [-0.2, 0) is 14.3 Å². The number of amides is 1. The highest BCUT2D eigenvalue weighted by Crippen LogP contribution is 2.07. The number of ether oxygens (including phenoxy) is 2. The van der Waals surface area contributed by atoms with Crippen LogP contribution in [0.2, 0.25) is 0 Å². The maximum atomic E-state index is 11.4. The molecule has 86 valence electrons. The van der Waals surface area contributed by atoms with Crippen molar-refractivity contribution in [3.63, 3.8) is 0 Å². The number of hydrogen-bond acceptors (Lipinski definition) is 3. The van der Waals surface area contributed by atoms with Gasteiger partial charge in [-0.15, -0.1) is 18.2 Å². The van der Waals surface area contributed by atoms with Crippen molar-refractivity contribution >= 4 is 17.5 Å². The van der Waals surface area contributed by atoms with Crippen molar-refractivity contribution in [2.45, 2.75) is 24.5 Å². The SMILES string of the molecule is C=CCCC(Cl)C(=O)NCC1OCCO1. The Balaban J connectivity index is 2.13. The number of nitrogens with one attached hydrogen (secondary N) is 1. The van der Waals surface area contributed by atoms with Gasteiger partial charge in [-0.25, -0.2) is 0 Å². The van der Waals surface area contributed by atoms with Gasteiger partial charge in [-0.3, -0.25) is 4.79 Å². The number of rotatable bonds is 6. The topological polar surface area (TPSA) is 47.6 Å². The molecule has 1 unspecified atom stereocenters. The summed E-state index contributed by atoms with van der Waals surface area (Å²) in [6.07, 6.45) is 2.75. The third-order valence-corrected chi connectivity index (χ3v) is 2.46. The predicted octanol–water partition coefficient (Wildman–Crippen LogP) is 1.05. The van der Waals surface area contributed by atoms with Crippen LogP contribution in [0.4, 0.5) is 0 Å². The number of allylic oxidation sites excluding steroid dienone is 1. The molecule has 5 heteroatoms. The number of hydrogen-bond donors (Lipinski definition) is 1. The molecule has 1 heterocycles. The zero-order valence-electron chi connectivity index (χ0n) is 8.58. The monoisotopic (exact) mass is 233 g/mol. The van der Waals surface area contributed by atoms with E-state index in [9.17, 15) is 4.79 Å². The van der Waals surface area contributed by atoms with Gasteiger partial charge in [-0.1, -0.05) is 6.08 Å². The highest BCUT2D eigenvalue weighted by atomic mass is 35.5. The van der Waals surface area contributed by atoms with Crippen LogP contribution in [0.15, 0.2) is 12.7 Å². The van der Waals surface area contributed by atoms with Crippen molar-refractivity contribution in [3.05, 3.63) is 12.7 Å². The van der Waals surface area contributed by atoms with Gasteiger partial charge in [-0.2, -0.15) is 0 Å². The summed E-state index contributed by atoms with van der Waals surface area (Å²) in [5.41, 5.74) is 0. The van der Waals surface area contributed by atoms with Gasteiger partial charge >= 0.3 is 0 Å². The molecule has 1 atom stereocenters. The van der Waals surface area contributed by atoms with Gasteiger partial charge in [-0.05, 0) is 12.8 Å². The molecule has 0 spiro atoms. The average Bonchev–Trinajstić information content (AvgIpc) is 2.75. The maximum absolute atomic E-state index is 11.4. The Hall–Kier alpha value is -0.580. The van der Waals surface area contributed by atoms with Crippen LogP contribution in [0.1, 0.15) is 12.8 Å². The van der Waals surface area contributed by atoms with Crippen molar-refractivity contribution in [2.75, 3.05) is 19.8 Å². The number of carbonyl (C=O) groups excluding carboxylic acids is 1. The fraction of sp³-hybridized carbons (Fsp3) is 0.700. The van der Waals surface area contributed by atoms with E-state index in [1.807, 2.05) is 0 Å². The number of halogens is 1. The summed E-state index contributed by atoms with van der Waals surface area (Å²) >= 11 is 5.85. The normalized spacial score (nSPS) is 18.7. The van der Waals surface area contributed by atoms with E-state index in [1.165, 1.54) is 0 Å². The molecule has 15 heavy (non-hydrogen) atoms. The van der Waals surface area contributed by atoms with E-state index in [-0.39, 0.29) is 12.2 Å². The third kappa shape index (κ3) is 4.64. The van der Waals surface area contributed by atoms with Crippen LogP contribution < -0.4 is 5.32 Å². The lowest BCUT2D eigenvalue weighted by Crippen LogP contribution is -2.37. The molecule has 0 radical (unpaired) electrons. The van der Waals surface area contributed by atoms with Crippen molar-refractivity contribution in [3.8, 4) is 0 Å². The van der Waals surface area contributed by atoms with Crippen molar-refractivity contribution in [1.82, 2.24) is 5.32 Å². The molecule has 0 bridgehead atoms. The van der Waals surface area contributed by atoms with Crippen molar-refractivity contribution < 1.29 is 14.3 Å². The van der Waals surface area contributed by atoms with Crippen LogP contribution in [0.5, 0.6) is 0 Å². The van der Waals surface area contributed by atoms with Gasteiger partial charge in [0.2, 0.25) is 5.91 Å². The van der Waals surface area contributed by atoms with Gasteiger partial charge in [0.15, 0.2) is 6.29 Å². The first-order valence-corrected chi connectivity index (χ1v) is 5.43. The molecule has 1 aliphatic rings. The maximum Gasteiger partial charge on any atom is 0.238 e. The van der Waals surface area contributed by atoms with E-state index >= 15 is 0 Å². The van der Waals surface area contributed by atoms with Crippen molar-refractivity contribution in [2.24, 2.45) is 0 Å². The smallest absolute Gasteiger partial charge is 0.238 e. The molecular weight excluding hydrogens is 218 g/mol. The Kier molecular flexibility index (Phi) is 5.68. The van der Waals surface area contributed by atoms with Crippen LogP contribution in [0.25, 0.3) is 0 Å². The minimum atomic E-state index is -0.510. The van der Waals surface area contributed by atoms with Crippen LogP contribution in [-0.4, -0.2) is 37.3 Å². The van der Waals surface area contributed by atoms with E-state index in [1.54, 1.807) is 6.08 Å². The zero-order chi connectivity index (χ0) is 11.1. The standard InChI is InChI=1S/C10H16ClNO3/c1-2-3-4-8(11)10(13)12-7-9-14-5-6-15-9/h2,8-9H,1,3-7H2,(H,12,13). The van der Waals surface area contributed by atoms with E-state index in [0.29, 0.717) is 26.2 Å². The lowest BCUT2D eigenvalue weighted by Gasteiger charge is -2.12. The molecule has 0 aromatic carbocycles. The Morgan fingerprint density at radius 3 is 2.87 bits per heavy atom. The molecule has 1 N–H and O–H groups in total. The molecule has 0 saturated carbocycles. The first-order valence-electron chi connectivity index (χ1n) is 5.00. The first-order chi connectivity index (χ1) is 7.24. The molecule has 0 aliphatic carbocycles. The quantitative estimate of drug-likeness (QED) is 0.551. The Labute approximate surface area is 94.6 Å². The van der Waals surface area contributed by atoms with E-state index in [0.717, 1.165) is 6.42 Å². The molecule has 1 saturated heterocycles. The molecule has 1 rings (SSSR count). The van der Waals surface area contributed by atoms with Gasteiger partial charge in [0, 0.05) is 0 Å². The Morgan fingerprint density at radius 1 is 1.60 bits per heavy atom. The Bertz CT molecular complexity index is 217. The molecule has 0 aromatic rings. The van der Waals surface area contributed by atoms with Crippen molar-refractivity contribution in [1.29, 1.82) is 0 Å². The molecule has 4 nitrogen and oxygen atoms in total. The predicted molar refractivity (Wildman–Crippen MR) is 57.8 cm³/mol. The minimum absolute atomic E-state index is 0.183. The number of carbonyl (C=O) groups is 1. The summed E-state index contributed by atoms with van der Waals surface area (Å²) in [5.74, 6) is -0.183. The first kappa shape index (κ1) is 12.5. The zero-order valence-corrected chi connectivity index (χ0v) is 9.33. The Morgan fingerprint density at radius 2 is 2.27 bits per heavy atom. The second-order valence-corrected chi connectivity index (χ2v) is 3.78. The van der Waals surface area contributed by atoms with Gasteiger partial charge < -0.3 is 14.8 Å². The van der Waals surface area contributed by atoms with E-state index in [2.05, 4.69) is 11.9 Å². The average molecular weight is 234 g/mol. The molecule has 1 aliphatic heterocycles. The summed E-state index contributed by atoms with van der Waals surface area (Å²) < 4.78 is 10.3. The summed E-state index contributed by atoms with van der Waals surface area (Å²) in [7, 11) is 0. The minimum Gasteiger partial charge on any atom is -0.350 e. The van der Waals surface area contributed by atoms with Crippen LogP contribution >= 0.6 is 11.6 Å². The fourth-order valence-corrected chi connectivity index (χ4v) is 1.42. The molecule has 1 fully saturated rings. The number of alkyl halides is 1. The third-order valence-electron chi connectivity index (χ3n) is 2.04. The molecule has 0 aromatic heterocycles. The molecular formula is C10H16ClNO3. The highest BCUT2D eigenvalue weighted by Gasteiger charge is 2.19. The second kappa shape index (κ2) is 6.82. The van der Waals surface area contributed by atoms with Gasteiger partial charge in [0.05, 0.1) is 19.8 Å². The summed E-state index contributed by atoms with van der Waals surface area (Å²) in [4.78, 5) is 11.4. The summed E-state index contributed by atoms with van der Waals surface area (Å²) in [6.45, 7) is 5.10. The van der Waals surface area contributed by atoms with Gasteiger partial charge in [0.25, 0.3) is 0 Å². The lowest BCUT2D eigenvalue weighted by molar-refractivity contribution is -0.123. The second-order valence-electron chi connectivity index (χ2n) is 3.25. The lowest BCUT2D eigenvalue weighted by atomic mass is 10.2. The van der Waals surface area contributed by atoms with Crippen LogP contribution in [0, 0.1) is 0 Å². The summed E-state index contributed by atoms with van der Waals surface area (Å²) in [5, 5.41) is 2.17.